The second kappa shape index (κ2) is 9.73. The molecule has 0 radical (unpaired) electrons. The first-order chi connectivity index (χ1) is 9.72. The van der Waals surface area contributed by atoms with Crippen LogP contribution in [0.3, 0.4) is 0 Å². The highest BCUT2D eigenvalue weighted by atomic mass is 16.4. The number of carbonyl (C=O) groups is 4. The molecule has 0 aliphatic heterocycles. The summed E-state index contributed by atoms with van der Waals surface area (Å²) in [6, 6.07) is 0. The van der Waals surface area contributed by atoms with Gasteiger partial charge in [0.1, 0.15) is 0 Å². The Morgan fingerprint density at radius 1 is 1.00 bits per heavy atom. The fraction of sp³-hybridized carbons (Fsp3) is 0.692. The molecule has 0 heterocycles. The van der Waals surface area contributed by atoms with Crippen molar-refractivity contribution < 1.29 is 29.4 Å². The van der Waals surface area contributed by atoms with Gasteiger partial charge in [-0.1, -0.05) is 13.8 Å². The van der Waals surface area contributed by atoms with E-state index in [1.807, 2.05) is 13.8 Å². The Kier molecular flexibility index (Phi) is 8.75. The normalized spacial score (nSPS) is 11.8. The van der Waals surface area contributed by atoms with Crippen LogP contribution in [0.5, 0.6) is 0 Å². The number of carbonyl (C=O) groups excluding carboxylic acids is 2. The molecule has 120 valence electrons. The van der Waals surface area contributed by atoms with Crippen molar-refractivity contribution in [3.63, 3.8) is 0 Å². The molecule has 0 saturated carbocycles. The quantitative estimate of drug-likeness (QED) is 0.443. The summed E-state index contributed by atoms with van der Waals surface area (Å²) in [5.74, 6) is -3.62. The largest absolute Gasteiger partial charge is 0.481 e. The average molecular weight is 302 g/mol. The van der Waals surface area contributed by atoms with Crippen molar-refractivity contribution >= 4 is 23.8 Å². The number of aliphatic carboxylic acids is 2. The minimum Gasteiger partial charge on any atom is -0.481 e. The van der Waals surface area contributed by atoms with E-state index < -0.39 is 29.7 Å². The lowest BCUT2D eigenvalue weighted by Crippen LogP contribution is -2.40. The summed E-state index contributed by atoms with van der Waals surface area (Å²) in [5, 5.41) is 21.9. The number of carboxylic acid groups (broad SMARTS) is 2. The van der Waals surface area contributed by atoms with E-state index in [1.165, 1.54) is 0 Å². The predicted octanol–water partition coefficient (Wildman–Crippen LogP) is -0.169. The topological polar surface area (TPSA) is 133 Å². The van der Waals surface area contributed by atoms with Crippen LogP contribution in [0, 0.1) is 11.8 Å². The van der Waals surface area contributed by atoms with Crippen LogP contribution in [0.25, 0.3) is 0 Å². The number of hydrogen-bond acceptors (Lipinski definition) is 4. The van der Waals surface area contributed by atoms with Crippen molar-refractivity contribution in [2.75, 3.05) is 13.1 Å². The molecule has 0 fully saturated rings. The van der Waals surface area contributed by atoms with Crippen molar-refractivity contribution in [3.8, 4) is 0 Å². The molecule has 0 spiro atoms. The van der Waals surface area contributed by atoms with E-state index in [0.717, 1.165) is 0 Å². The van der Waals surface area contributed by atoms with Gasteiger partial charge in [0.2, 0.25) is 11.8 Å². The highest BCUT2D eigenvalue weighted by molar-refractivity contribution is 5.87. The zero-order valence-electron chi connectivity index (χ0n) is 12.2. The molecule has 4 N–H and O–H groups in total. The fourth-order valence-corrected chi connectivity index (χ4v) is 1.75. The van der Waals surface area contributed by atoms with Gasteiger partial charge in [-0.2, -0.15) is 0 Å². The molecule has 0 bridgehead atoms. The molecule has 0 aromatic heterocycles. The highest BCUT2D eigenvalue weighted by Crippen LogP contribution is 2.15. The van der Waals surface area contributed by atoms with Gasteiger partial charge in [0, 0.05) is 12.5 Å². The van der Waals surface area contributed by atoms with Gasteiger partial charge in [0.25, 0.3) is 0 Å². The molecule has 0 rings (SSSR count). The van der Waals surface area contributed by atoms with Gasteiger partial charge < -0.3 is 20.8 Å². The molecule has 0 aromatic carbocycles. The summed E-state index contributed by atoms with van der Waals surface area (Å²) in [7, 11) is 0. The van der Waals surface area contributed by atoms with Gasteiger partial charge in [0.15, 0.2) is 0 Å². The van der Waals surface area contributed by atoms with E-state index in [2.05, 4.69) is 10.6 Å². The van der Waals surface area contributed by atoms with E-state index in [4.69, 9.17) is 10.2 Å². The van der Waals surface area contributed by atoms with E-state index in [9.17, 15) is 19.2 Å². The molecule has 0 saturated heterocycles. The maximum atomic E-state index is 11.9. The first-order valence-corrected chi connectivity index (χ1v) is 6.70. The molecule has 0 aliphatic rings. The van der Waals surface area contributed by atoms with Crippen LogP contribution in [0.1, 0.15) is 33.1 Å². The number of hydrogen-bond donors (Lipinski definition) is 4. The van der Waals surface area contributed by atoms with Gasteiger partial charge in [-0.15, -0.1) is 0 Å². The number of rotatable bonds is 10. The SMILES string of the molecule is CC(C)CC(CC(=O)O)C(=O)NCC(=O)NCCC(=O)O. The van der Waals surface area contributed by atoms with Crippen LogP contribution in [-0.2, 0) is 19.2 Å². The monoisotopic (exact) mass is 302 g/mol. The maximum Gasteiger partial charge on any atom is 0.305 e. The van der Waals surface area contributed by atoms with E-state index in [0.29, 0.717) is 6.42 Å². The summed E-state index contributed by atoms with van der Waals surface area (Å²) >= 11 is 0. The molecule has 0 aliphatic carbocycles. The first-order valence-electron chi connectivity index (χ1n) is 6.70. The Morgan fingerprint density at radius 2 is 1.62 bits per heavy atom. The van der Waals surface area contributed by atoms with Crippen LogP contribution in [0.4, 0.5) is 0 Å². The molecule has 1 atom stereocenters. The van der Waals surface area contributed by atoms with E-state index in [-0.39, 0.29) is 31.8 Å². The zero-order valence-corrected chi connectivity index (χ0v) is 12.2. The highest BCUT2D eigenvalue weighted by Gasteiger charge is 2.23. The lowest BCUT2D eigenvalue weighted by molar-refractivity contribution is -0.141. The Hall–Kier alpha value is -2.12. The zero-order chi connectivity index (χ0) is 16.4. The molecule has 8 heteroatoms. The van der Waals surface area contributed by atoms with Crippen LogP contribution in [0.15, 0.2) is 0 Å². The van der Waals surface area contributed by atoms with E-state index >= 15 is 0 Å². The van der Waals surface area contributed by atoms with Crippen LogP contribution in [-0.4, -0.2) is 47.1 Å². The third-order valence-electron chi connectivity index (χ3n) is 2.63. The number of nitrogens with one attached hydrogen (secondary N) is 2. The second-order valence-electron chi connectivity index (χ2n) is 5.14. The third kappa shape index (κ3) is 10.3. The van der Waals surface area contributed by atoms with Crippen molar-refractivity contribution in [2.24, 2.45) is 11.8 Å². The van der Waals surface area contributed by atoms with Crippen LogP contribution < -0.4 is 10.6 Å². The van der Waals surface area contributed by atoms with Crippen LogP contribution >= 0.6 is 0 Å². The minimum atomic E-state index is -1.07. The third-order valence-corrected chi connectivity index (χ3v) is 2.63. The summed E-state index contributed by atoms with van der Waals surface area (Å²) in [4.78, 5) is 44.2. The lowest BCUT2D eigenvalue weighted by atomic mass is 9.93. The second-order valence-corrected chi connectivity index (χ2v) is 5.14. The summed E-state index contributed by atoms with van der Waals surface area (Å²) in [5.41, 5.74) is 0. The molecule has 2 amide bonds. The summed E-state index contributed by atoms with van der Waals surface area (Å²) < 4.78 is 0. The summed E-state index contributed by atoms with van der Waals surface area (Å²) in [6.07, 6.45) is -0.0713. The molecule has 8 nitrogen and oxygen atoms in total. The Bertz CT molecular complexity index is 394. The Morgan fingerprint density at radius 3 is 2.10 bits per heavy atom. The van der Waals surface area contributed by atoms with Crippen molar-refractivity contribution in [1.29, 1.82) is 0 Å². The minimum absolute atomic E-state index is 0.0193. The standard InChI is InChI=1S/C13H22N2O6/c1-8(2)5-9(6-12(19)20)13(21)15-7-10(16)14-4-3-11(17)18/h8-9H,3-7H2,1-2H3,(H,14,16)(H,15,21)(H,17,18)(H,19,20). The molecular formula is C13H22N2O6. The fourth-order valence-electron chi connectivity index (χ4n) is 1.75. The first kappa shape index (κ1) is 18.9. The number of carboxylic acids is 2. The van der Waals surface area contributed by atoms with Gasteiger partial charge in [-0.05, 0) is 12.3 Å². The van der Waals surface area contributed by atoms with Crippen molar-refractivity contribution in [1.82, 2.24) is 10.6 Å². The van der Waals surface area contributed by atoms with E-state index in [1.54, 1.807) is 0 Å². The molecule has 0 aromatic rings. The Labute approximate surface area is 122 Å². The van der Waals surface area contributed by atoms with Crippen molar-refractivity contribution in [2.45, 2.75) is 33.1 Å². The molecular weight excluding hydrogens is 280 g/mol. The maximum absolute atomic E-state index is 11.9. The summed E-state index contributed by atoms with van der Waals surface area (Å²) in [6.45, 7) is 3.43. The predicted molar refractivity (Wildman–Crippen MR) is 73.5 cm³/mol. The molecule has 1 unspecified atom stereocenters. The van der Waals surface area contributed by atoms with Crippen molar-refractivity contribution in [3.05, 3.63) is 0 Å². The van der Waals surface area contributed by atoms with Gasteiger partial charge in [-0.25, -0.2) is 0 Å². The average Bonchev–Trinajstić information content (AvgIpc) is 2.33. The lowest BCUT2D eigenvalue weighted by Gasteiger charge is -2.16. The smallest absolute Gasteiger partial charge is 0.305 e. The van der Waals surface area contributed by atoms with Gasteiger partial charge in [0.05, 0.1) is 19.4 Å². The van der Waals surface area contributed by atoms with Gasteiger partial charge in [-0.3, -0.25) is 19.2 Å². The number of amides is 2. The van der Waals surface area contributed by atoms with Gasteiger partial charge >= 0.3 is 11.9 Å². The van der Waals surface area contributed by atoms with Crippen LogP contribution in [0.2, 0.25) is 0 Å². The molecule has 21 heavy (non-hydrogen) atoms. The Balaban J connectivity index is 4.20.